The topological polar surface area (TPSA) is 63.7 Å². The number of hydrogen-bond donors (Lipinski definition) is 1. The molecule has 7 heteroatoms. The molecule has 6 nitrogen and oxygen atoms in total. The van der Waals surface area contributed by atoms with Crippen LogP contribution in [0.3, 0.4) is 0 Å². The number of benzene rings is 1. The van der Waals surface area contributed by atoms with Crippen molar-refractivity contribution in [3.05, 3.63) is 34.8 Å². The van der Waals surface area contributed by atoms with Crippen LogP contribution in [0.5, 0.6) is 11.5 Å². The van der Waals surface area contributed by atoms with Gasteiger partial charge in [0.15, 0.2) is 16.6 Å². The molecule has 1 aromatic heterocycles. The summed E-state index contributed by atoms with van der Waals surface area (Å²) in [6.45, 7) is 7.78. The van der Waals surface area contributed by atoms with Crippen molar-refractivity contribution in [1.29, 1.82) is 0 Å². The molecule has 0 bridgehead atoms. The van der Waals surface area contributed by atoms with E-state index in [1.807, 2.05) is 12.3 Å². The Morgan fingerprint density at radius 1 is 1.41 bits per heavy atom. The smallest absolute Gasteiger partial charge is 0.257 e. The predicted molar refractivity (Wildman–Crippen MR) is 108 cm³/mol. The van der Waals surface area contributed by atoms with Gasteiger partial charge in [0.1, 0.15) is 0 Å². The third kappa shape index (κ3) is 5.20. The molecule has 1 aliphatic rings. The summed E-state index contributed by atoms with van der Waals surface area (Å²) in [6.07, 6.45) is 2.55. The molecule has 1 fully saturated rings. The number of rotatable bonds is 7. The van der Waals surface area contributed by atoms with Gasteiger partial charge >= 0.3 is 0 Å². The molecule has 1 unspecified atom stereocenters. The van der Waals surface area contributed by atoms with Crippen molar-refractivity contribution in [2.24, 2.45) is 5.92 Å². The van der Waals surface area contributed by atoms with Gasteiger partial charge in [-0.1, -0.05) is 6.92 Å². The minimum atomic E-state index is -0.203. The number of thiazole rings is 1. The van der Waals surface area contributed by atoms with Gasteiger partial charge in [-0.15, -0.1) is 11.3 Å². The van der Waals surface area contributed by atoms with Crippen LogP contribution in [0.2, 0.25) is 0 Å². The van der Waals surface area contributed by atoms with Crippen LogP contribution in [0.4, 0.5) is 5.13 Å². The molecule has 1 amide bonds. The summed E-state index contributed by atoms with van der Waals surface area (Å²) in [5, 5.41) is 5.53. The molecular weight excluding hydrogens is 362 g/mol. The minimum absolute atomic E-state index is 0.203. The maximum absolute atomic E-state index is 12.6. The fourth-order valence-corrected chi connectivity index (χ4v) is 4.05. The summed E-state index contributed by atoms with van der Waals surface area (Å²) in [7, 11) is 1.58. The maximum atomic E-state index is 12.6. The lowest BCUT2D eigenvalue weighted by Crippen LogP contribution is -2.33. The summed E-state index contributed by atoms with van der Waals surface area (Å²) in [4.78, 5) is 19.6. The highest BCUT2D eigenvalue weighted by atomic mass is 32.1. The lowest BCUT2D eigenvalue weighted by Gasteiger charge is -2.30. The van der Waals surface area contributed by atoms with Crippen LogP contribution < -0.4 is 14.8 Å². The second-order valence-electron chi connectivity index (χ2n) is 6.88. The fourth-order valence-electron chi connectivity index (χ4n) is 3.35. The fraction of sp³-hybridized carbons (Fsp3) is 0.500. The Balaban J connectivity index is 1.63. The highest BCUT2D eigenvalue weighted by molar-refractivity contribution is 7.13. The van der Waals surface area contributed by atoms with Crippen LogP contribution in [0.25, 0.3) is 0 Å². The minimum Gasteiger partial charge on any atom is -0.493 e. The molecule has 1 aromatic carbocycles. The lowest BCUT2D eigenvalue weighted by molar-refractivity contribution is 0.102. The van der Waals surface area contributed by atoms with Gasteiger partial charge in [0.05, 0.1) is 19.4 Å². The number of anilines is 1. The number of piperidine rings is 1. The van der Waals surface area contributed by atoms with Gasteiger partial charge in [0, 0.05) is 24.0 Å². The van der Waals surface area contributed by atoms with Gasteiger partial charge in [-0.2, -0.15) is 0 Å². The van der Waals surface area contributed by atoms with E-state index in [1.54, 1.807) is 25.3 Å². The number of nitrogens with one attached hydrogen (secondary N) is 1. The highest BCUT2D eigenvalue weighted by Crippen LogP contribution is 2.28. The average molecular weight is 390 g/mol. The van der Waals surface area contributed by atoms with Crippen molar-refractivity contribution in [1.82, 2.24) is 9.88 Å². The standard InChI is InChI=1S/C20H27N3O3S/c1-4-26-18-10-15(7-8-17(18)25-3)19(24)22-20-21-16(13-27-20)12-23-9-5-6-14(2)11-23/h7-8,10,13-14H,4-6,9,11-12H2,1-3H3,(H,21,22,24). The molecular formula is C20H27N3O3S. The molecule has 146 valence electrons. The number of aromatic nitrogens is 1. The molecule has 0 spiro atoms. The normalized spacial score (nSPS) is 17.5. The third-order valence-electron chi connectivity index (χ3n) is 4.62. The summed E-state index contributed by atoms with van der Waals surface area (Å²) in [5.74, 6) is 1.71. The first-order chi connectivity index (χ1) is 13.1. The molecule has 0 aliphatic carbocycles. The number of ether oxygens (including phenoxy) is 2. The zero-order valence-electron chi connectivity index (χ0n) is 16.2. The highest BCUT2D eigenvalue weighted by Gasteiger charge is 2.18. The monoisotopic (exact) mass is 389 g/mol. The number of hydrogen-bond acceptors (Lipinski definition) is 6. The first-order valence-corrected chi connectivity index (χ1v) is 10.3. The summed E-state index contributed by atoms with van der Waals surface area (Å²) in [6, 6.07) is 5.16. The van der Waals surface area contributed by atoms with Crippen molar-refractivity contribution in [2.45, 2.75) is 33.2 Å². The Bertz CT molecular complexity index is 778. The number of likely N-dealkylation sites (tertiary alicyclic amines) is 1. The van der Waals surface area contributed by atoms with E-state index in [0.717, 1.165) is 31.2 Å². The number of carbonyl (C=O) groups excluding carboxylic acids is 1. The number of nitrogens with zero attached hydrogens (tertiary/aromatic N) is 2. The van der Waals surface area contributed by atoms with Crippen LogP contribution in [0.1, 0.15) is 42.7 Å². The lowest BCUT2D eigenvalue weighted by atomic mass is 10.0. The summed E-state index contributed by atoms with van der Waals surface area (Å²) < 4.78 is 10.8. The Labute approximate surface area is 164 Å². The van der Waals surface area contributed by atoms with Crippen molar-refractivity contribution in [3.8, 4) is 11.5 Å². The number of carbonyl (C=O) groups is 1. The molecule has 1 atom stereocenters. The molecule has 0 radical (unpaired) electrons. The van der Waals surface area contributed by atoms with Gasteiger partial charge in [-0.25, -0.2) is 4.98 Å². The van der Waals surface area contributed by atoms with E-state index in [4.69, 9.17) is 9.47 Å². The summed E-state index contributed by atoms with van der Waals surface area (Å²) >= 11 is 1.46. The van der Waals surface area contributed by atoms with E-state index in [-0.39, 0.29) is 5.91 Å². The largest absolute Gasteiger partial charge is 0.493 e. The van der Waals surface area contributed by atoms with Gasteiger partial charge in [0.2, 0.25) is 0 Å². The van der Waals surface area contributed by atoms with Crippen LogP contribution in [-0.2, 0) is 6.54 Å². The number of methoxy groups -OCH3 is 1. The van der Waals surface area contributed by atoms with Crippen LogP contribution >= 0.6 is 11.3 Å². The van der Waals surface area contributed by atoms with Crippen molar-refractivity contribution >= 4 is 22.4 Å². The van der Waals surface area contributed by atoms with Crippen LogP contribution in [0.15, 0.2) is 23.6 Å². The second-order valence-corrected chi connectivity index (χ2v) is 7.74. The van der Waals surface area contributed by atoms with Crippen LogP contribution in [0, 0.1) is 5.92 Å². The molecule has 1 N–H and O–H groups in total. The third-order valence-corrected chi connectivity index (χ3v) is 5.43. The van der Waals surface area contributed by atoms with E-state index in [1.165, 1.54) is 24.2 Å². The Morgan fingerprint density at radius 3 is 3.00 bits per heavy atom. The van der Waals surface area contributed by atoms with E-state index < -0.39 is 0 Å². The molecule has 1 aliphatic heterocycles. The van der Waals surface area contributed by atoms with Crippen molar-refractivity contribution < 1.29 is 14.3 Å². The van der Waals surface area contributed by atoms with Gasteiger partial charge < -0.3 is 9.47 Å². The molecule has 2 aromatic rings. The van der Waals surface area contributed by atoms with Crippen molar-refractivity contribution in [3.63, 3.8) is 0 Å². The zero-order valence-corrected chi connectivity index (χ0v) is 17.0. The Morgan fingerprint density at radius 2 is 2.26 bits per heavy atom. The van der Waals surface area contributed by atoms with E-state index in [2.05, 4.69) is 22.1 Å². The molecule has 2 heterocycles. The molecule has 3 rings (SSSR count). The van der Waals surface area contributed by atoms with E-state index in [9.17, 15) is 4.79 Å². The predicted octanol–water partition coefficient (Wildman–Crippen LogP) is 4.03. The van der Waals surface area contributed by atoms with Crippen molar-refractivity contribution in [2.75, 3.05) is 32.1 Å². The quantitative estimate of drug-likeness (QED) is 0.774. The zero-order chi connectivity index (χ0) is 19.2. The maximum Gasteiger partial charge on any atom is 0.257 e. The average Bonchev–Trinajstić information content (AvgIpc) is 3.08. The molecule has 27 heavy (non-hydrogen) atoms. The molecule has 0 saturated carbocycles. The van der Waals surface area contributed by atoms with Gasteiger partial charge in [0.25, 0.3) is 5.91 Å². The van der Waals surface area contributed by atoms with Gasteiger partial charge in [-0.05, 0) is 50.4 Å². The second kappa shape index (κ2) is 9.19. The number of amides is 1. The van der Waals surface area contributed by atoms with E-state index in [0.29, 0.717) is 28.8 Å². The first kappa shape index (κ1) is 19.6. The van der Waals surface area contributed by atoms with E-state index >= 15 is 0 Å². The summed E-state index contributed by atoms with van der Waals surface area (Å²) in [5.41, 5.74) is 1.52. The Hall–Kier alpha value is -2.12. The Kier molecular flexibility index (Phi) is 6.68. The first-order valence-electron chi connectivity index (χ1n) is 9.38. The molecule has 1 saturated heterocycles. The SMILES string of the molecule is CCOc1cc(C(=O)Nc2nc(CN3CCCC(C)C3)cs2)ccc1OC. The van der Waals surface area contributed by atoms with Crippen LogP contribution in [-0.4, -0.2) is 42.6 Å². The van der Waals surface area contributed by atoms with Gasteiger partial charge in [-0.3, -0.25) is 15.0 Å².